The molecule has 0 radical (unpaired) electrons. The van der Waals surface area contributed by atoms with Gasteiger partial charge in [0.15, 0.2) is 0 Å². The summed E-state index contributed by atoms with van der Waals surface area (Å²) in [5.41, 5.74) is 9.51. The van der Waals surface area contributed by atoms with Crippen LogP contribution in [0.2, 0.25) is 5.02 Å². The van der Waals surface area contributed by atoms with Crippen LogP contribution in [-0.4, -0.2) is 14.1 Å². The molecule has 0 aromatic heterocycles. The van der Waals surface area contributed by atoms with Gasteiger partial charge in [0.2, 0.25) is 0 Å². The van der Waals surface area contributed by atoms with E-state index in [1.54, 1.807) is 12.1 Å². The van der Waals surface area contributed by atoms with E-state index >= 15 is 0 Å². The zero-order chi connectivity index (χ0) is 13.1. The van der Waals surface area contributed by atoms with E-state index in [-0.39, 0.29) is 0 Å². The molecule has 0 heterocycles. The van der Waals surface area contributed by atoms with Gasteiger partial charge in [0.1, 0.15) is 0 Å². The second-order valence-corrected chi connectivity index (χ2v) is 4.70. The Morgan fingerprint density at radius 3 is 2.50 bits per heavy atom. The number of nitrogen functional groups attached to an aromatic ring is 1. The van der Waals surface area contributed by atoms with Crippen molar-refractivity contribution >= 4 is 34.4 Å². The van der Waals surface area contributed by atoms with Gasteiger partial charge in [-0.3, -0.25) is 0 Å². The smallest absolute Gasteiger partial charge is 0.0633 e. The first-order valence-corrected chi connectivity index (χ1v) is 6.04. The van der Waals surface area contributed by atoms with Crippen molar-refractivity contribution in [3.63, 3.8) is 0 Å². The van der Waals surface area contributed by atoms with Gasteiger partial charge in [0.05, 0.1) is 22.7 Å². The first-order valence-electron chi connectivity index (χ1n) is 5.66. The Bertz CT molecular complexity index is 552. The van der Waals surface area contributed by atoms with Crippen molar-refractivity contribution in [2.45, 2.75) is 0 Å². The summed E-state index contributed by atoms with van der Waals surface area (Å²) in [6, 6.07) is 13.4. The third-order valence-corrected chi connectivity index (χ3v) is 2.91. The van der Waals surface area contributed by atoms with Crippen molar-refractivity contribution < 1.29 is 0 Å². The Morgan fingerprint density at radius 1 is 1.06 bits per heavy atom. The Labute approximate surface area is 112 Å². The maximum absolute atomic E-state index is 5.98. The molecule has 0 fully saturated rings. The molecule has 0 unspecified atom stereocenters. The number of halogens is 1. The van der Waals surface area contributed by atoms with E-state index in [4.69, 9.17) is 17.3 Å². The van der Waals surface area contributed by atoms with Gasteiger partial charge in [-0.1, -0.05) is 23.7 Å². The van der Waals surface area contributed by atoms with Gasteiger partial charge in [-0.05, 0) is 30.3 Å². The van der Waals surface area contributed by atoms with Gasteiger partial charge >= 0.3 is 0 Å². The molecular weight excluding hydrogens is 246 g/mol. The Kier molecular flexibility index (Phi) is 3.63. The number of anilines is 4. The van der Waals surface area contributed by atoms with Crippen molar-refractivity contribution in [3.8, 4) is 0 Å². The first kappa shape index (κ1) is 12.6. The molecule has 0 atom stereocenters. The van der Waals surface area contributed by atoms with Crippen LogP contribution < -0.4 is 16.0 Å². The Balaban J connectivity index is 2.37. The topological polar surface area (TPSA) is 41.3 Å². The van der Waals surface area contributed by atoms with Crippen molar-refractivity contribution in [3.05, 3.63) is 47.5 Å². The molecular formula is C14H16ClN3. The van der Waals surface area contributed by atoms with E-state index < -0.39 is 0 Å². The van der Waals surface area contributed by atoms with Crippen molar-refractivity contribution in [2.24, 2.45) is 0 Å². The number of para-hydroxylation sites is 2. The van der Waals surface area contributed by atoms with Gasteiger partial charge in [0, 0.05) is 19.1 Å². The lowest BCUT2D eigenvalue weighted by molar-refractivity contribution is 1.13. The summed E-state index contributed by atoms with van der Waals surface area (Å²) in [6.07, 6.45) is 0. The minimum atomic E-state index is 0.661. The van der Waals surface area contributed by atoms with Crippen LogP contribution in [0.1, 0.15) is 0 Å². The number of nitrogens with zero attached hydrogens (tertiary/aromatic N) is 1. The quantitative estimate of drug-likeness (QED) is 0.827. The van der Waals surface area contributed by atoms with E-state index in [1.165, 1.54) is 0 Å². The highest BCUT2D eigenvalue weighted by molar-refractivity contribution is 6.31. The third kappa shape index (κ3) is 2.68. The molecule has 3 nitrogen and oxygen atoms in total. The maximum atomic E-state index is 5.98. The summed E-state index contributed by atoms with van der Waals surface area (Å²) in [7, 11) is 4.00. The number of hydrogen-bond donors (Lipinski definition) is 2. The van der Waals surface area contributed by atoms with E-state index in [9.17, 15) is 0 Å². The summed E-state index contributed by atoms with van der Waals surface area (Å²) in [5, 5.41) is 3.97. The summed E-state index contributed by atoms with van der Waals surface area (Å²) < 4.78 is 0. The van der Waals surface area contributed by atoms with Crippen molar-refractivity contribution in [1.29, 1.82) is 0 Å². The lowest BCUT2D eigenvalue weighted by Crippen LogP contribution is -2.11. The molecule has 3 N–H and O–H groups in total. The number of benzene rings is 2. The molecule has 0 aliphatic rings. The fourth-order valence-corrected chi connectivity index (χ4v) is 1.92. The van der Waals surface area contributed by atoms with Crippen LogP contribution in [0.25, 0.3) is 0 Å². The highest BCUT2D eigenvalue weighted by Gasteiger charge is 2.06. The van der Waals surface area contributed by atoms with Gasteiger partial charge in [0.25, 0.3) is 0 Å². The number of nitrogens with two attached hydrogens (primary N) is 1. The third-order valence-electron chi connectivity index (χ3n) is 2.67. The molecule has 18 heavy (non-hydrogen) atoms. The molecule has 2 rings (SSSR count). The first-order chi connectivity index (χ1) is 8.58. The molecule has 0 aliphatic carbocycles. The standard InChI is InChI=1S/C14H16ClN3/c1-18(2)14-6-4-3-5-12(14)17-13-9-10(15)7-8-11(13)16/h3-9,17H,16H2,1-2H3. The highest BCUT2D eigenvalue weighted by Crippen LogP contribution is 2.31. The summed E-state index contributed by atoms with van der Waals surface area (Å²) in [5.74, 6) is 0. The fourth-order valence-electron chi connectivity index (χ4n) is 1.75. The molecule has 0 saturated carbocycles. The predicted octanol–water partition coefficient (Wildman–Crippen LogP) is 3.73. The van der Waals surface area contributed by atoms with Crippen LogP contribution >= 0.6 is 11.6 Å². The van der Waals surface area contributed by atoms with E-state index in [2.05, 4.69) is 5.32 Å². The molecule has 0 amide bonds. The lowest BCUT2D eigenvalue weighted by atomic mass is 10.2. The van der Waals surface area contributed by atoms with Crippen LogP contribution in [-0.2, 0) is 0 Å². The van der Waals surface area contributed by atoms with E-state index in [0.29, 0.717) is 10.7 Å². The summed E-state index contributed by atoms with van der Waals surface area (Å²) in [4.78, 5) is 2.04. The van der Waals surface area contributed by atoms with Crippen molar-refractivity contribution in [2.75, 3.05) is 30.0 Å². The fraction of sp³-hybridized carbons (Fsp3) is 0.143. The van der Waals surface area contributed by atoms with Crippen LogP contribution in [0.3, 0.4) is 0 Å². The Morgan fingerprint density at radius 2 is 1.78 bits per heavy atom. The monoisotopic (exact) mass is 261 g/mol. The van der Waals surface area contributed by atoms with Gasteiger partial charge in [-0.25, -0.2) is 0 Å². The highest BCUT2D eigenvalue weighted by atomic mass is 35.5. The minimum Gasteiger partial charge on any atom is -0.397 e. The molecule has 0 bridgehead atoms. The molecule has 4 heteroatoms. The zero-order valence-corrected chi connectivity index (χ0v) is 11.2. The zero-order valence-electron chi connectivity index (χ0n) is 10.4. The normalized spacial score (nSPS) is 10.2. The largest absolute Gasteiger partial charge is 0.397 e. The summed E-state index contributed by atoms with van der Waals surface area (Å²) in [6.45, 7) is 0. The lowest BCUT2D eigenvalue weighted by Gasteiger charge is -2.19. The predicted molar refractivity (Wildman–Crippen MR) is 79.9 cm³/mol. The number of rotatable bonds is 3. The molecule has 0 saturated heterocycles. The number of nitrogens with one attached hydrogen (secondary N) is 1. The average Bonchev–Trinajstić information content (AvgIpc) is 2.34. The van der Waals surface area contributed by atoms with Crippen LogP contribution in [0.4, 0.5) is 22.7 Å². The van der Waals surface area contributed by atoms with Gasteiger partial charge in [-0.2, -0.15) is 0 Å². The summed E-state index contributed by atoms with van der Waals surface area (Å²) >= 11 is 5.98. The van der Waals surface area contributed by atoms with Gasteiger partial charge in [-0.15, -0.1) is 0 Å². The molecule has 94 valence electrons. The average molecular weight is 262 g/mol. The maximum Gasteiger partial charge on any atom is 0.0633 e. The minimum absolute atomic E-state index is 0.661. The van der Waals surface area contributed by atoms with E-state index in [0.717, 1.165) is 17.1 Å². The number of hydrogen-bond acceptors (Lipinski definition) is 3. The second kappa shape index (κ2) is 5.19. The van der Waals surface area contributed by atoms with Crippen molar-refractivity contribution in [1.82, 2.24) is 0 Å². The Hall–Kier alpha value is -1.87. The molecule has 0 spiro atoms. The SMILES string of the molecule is CN(C)c1ccccc1Nc1cc(Cl)ccc1N. The van der Waals surface area contributed by atoms with Crippen LogP contribution in [0.15, 0.2) is 42.5 Å². The molecule has 2 aromatic rings. The van der Waals surface area contributed by atoms with Crippen LogP contribution in [0, 0.1) is 0 Å². The van der Waals surface area contributed by atoms with Gasteiger partial charge < -0.3 is 16.0 Å². The molecule has 2 aromatic carbocycles. The van der Waals surface area contributed by atoms with E-state index in [1.807, 2.05) is 49.3 Å². The molecule has 0 aliphatic heterocycles. The van der Waals surface area contributed by atoms with Crippen LogP contribution in [0.5, 0.6) is 0 Å². The second-order valence-electron chi connectivity index (χ2n) is 4.27.